The van der Waals surface area contributed by atoms with Gasteiger partial charge >= 0.3 is 0 Å². The van der Waals surface area contributed by atoms with Crippen LogP contribution in [0.25, 0.3) is 10.9 Å². The Morgan fingerprint density at radius 2 is 1.78 bits per heavy atom. The molecule has 2 aliphatic rings. The molecule has 2 saturated heterocycles. The van der Waals surface area contributed by atoms with E-state index in [-0.39, 0.29) is 23.5 Å². The average Bonchev–Trinajstić information content (AvgIpc) is 3.55. The molecule has 2 amide bonds. The lowest BCUT2D eigenvalue weighted by Gasteiger charge is -2.36. The van der Waals surface area contributed by atoms with E-state index in [1.165, 1.54) is 0 Å². The van der Waals surface area contributed by atoms with E-state index in [1.54, 1.807) is 6.92 Å². The number of piperazine rings is 1. The van der Waals surface area contributed by atoms with Crippen molar-refractivity contribution < 1.29 is 14.4 Å². The quantitative estimate of drug-likeness (QED) is 0.482. The van der Waals surface area contributed by atoms with Gasteiger partial charge in [-0.05, 0) is 68.8 Å². The number of likely N-dealkylation sites (tertiary alicyclic amines) is 1. The van der Waals surface area contributed by atoms with Gasteiger partial charge in [-0.15, -0.1) is 0 Å². The molecule has 9 heteroatoms. The summed E-state index contributed by atoms with van der Waals surface area (Å²) in [6.07, 6.45) is 1.60. The fourth-order valence-corrected chi connectivity index (χ4v) is 5.26. The number of ketones is 1. The highest BCUT2D eigenvalue weighted by Crippen LogP contribution is 2.24. The van der Waals surface area contributed by atoms with Crippen molar-refractivity contribution >= 4 is 39.9 Å². The lowest BCUT2D eigenvalue weighted by atomic mass is 10.1. The Morgan fingerprint density at radius 3 is 2.49 bits per heavy atom. The molecular weight excluding hydrogens is 468 g/mol. The molecule has 2 aliphatic heterocycles. The summed E-state index contributed by atoms with van der Waals surface area (Å²) in [5, 5.41) is 11.4. The van der Waals surface area contributed by atoms with Crippen LogP contribution in [0.5, 0.6) is 0 Å². The number of benzene rings is 2. The second-order valence-electron chi connectivity index (χ2n) is 9.97. The Balaban J connectivity index is 1.09. The molecule has 0 radical (unpaired) electrons. The minimum absolute atomic E-state index is 0.000230. The molecule has 0 bridgehead atoms. The topological polar surface area (TPSA) is 102 Å². The van der Waals surface area contributed by atoms with E-state index < -0.39 is 0 Å². The number of carbonyl (C=O) groups excluding carboxylic acids is 3. The van der Waals surface area contributed by atoms with E-state index in [0.717, 1.165) is 60.4 Å². The van der Waals surface area contributed by atoms with Crippen LogP contribution in [-0.4, -0.2) is 83.4 Å². The van der Waals surface area contributed by atoms with Gasteiger partial charge < -0.3 is 15.1 Å². The van der Waals surface area contributed by atoms with E-state index in [2.05, 4.69) is 32.2 Å². The Kier molecular flexibility index (Phi) is 7.23. The summed E-state index contributed by atoms with van der Waals surface area (Å²) in [5.41, 5.74) is 4.51. The number of Topliss-reactive ketones (excluding diaryl/α,β-unsaturated/α-hetero) is 1. The molecule has 0 saturated carbocycles. The minimum Gasteiger partial charge on any atom is -0.368 e. The van der Waals surface area contributed by atoms with Crippen molar-refractivity contribution in [2.24, 2.45) is 5.92 Å². The van der Waals surface area contributed by atoms with Crippen LogP contribution < -0.4 is 10.2 Å². The van der Waals surface area contributed by atoms with Crippen molar-refractivity contribution in [3.8, 4) is 0 Å². The van der Waals surface area contributed by atoms with Crippen LogP contribution in [0.2, 0.25) is 0 Å². The van der Waals surface area contributed by atoms with Gasteiger partial charge in [0.2, 0.25) is 11.8 Å². The number of carbonyl (C=O) groups is 3. The van der Waals surface area contributed by atoms with Gasteiger partial charge in [0.15, 0.2) is 5.78 Å². The number of H-pyrrole nitrogens is 1. The zero-order valence-corrected chi connectivity index (χ0v) is 21.5. The van der Waals surface area contributed by atoms with Crippen molar-refractivity contribution in [3.05, 3.63) is 53.7 Å². The Labute approximate surface area is 216 Å². The number of rotatable bonds is 7. The summed E-state index contributed by atoms with van der Waals surface area (Å²) >= 11 is 0. The minimum atomic E-state index is -0.131. The van der Waals surface area contributed by atoms with Gasteiger partial charge in [-0.25, -0.2) is 0 Å². The number of hydrogen-bond acceptors (Lipinski definition) is 6. The zero-order chi connectivity index (χ0) is 25.9. The van der Waals surface area contributed by atoms with Crippen LogP contribution in [0.1, 0.15) is 36.3 Å². The highest BCUT2D eigenvalue weighted by Gasteiger charge is 2.31. The van der Waals surface area contributed by atoms with E-state index in [4.69, 9.17) is 0 Å². The van der Waals surface area contributed by atoms with Gasteiger partial charge in [-0.1, -0.05) is 6.92 Å². The Morgan fingerprint density at radius 1 is 1.03 bits per heavy atom. The molecule has 5 rings (SSSR count). The standard InChI is InChI=1S/C28H34N6O3/c1-3-25-24-16-22(6-9-26(24)31-30-25)29-28(37)21-10-11-32(17-21)18-27(36)34-14-12-33(13-15-34)23-7-4-20(5-8-23)19(2)35/h4-9,16,21H,3,10-15,17-18H2,1-2H3,(H,29,37)(H,30,31)/t21-/m1/s1. The number of amides is 2. The Hall–Kier alpha value is -3.72. The summed E-state index contributed by atoms with van der Waals surface area (Å²) in [5.74, 6) is 0.0450. The predicted molar refractivity (Wildman–Crippen MR) is 144 cm³/mol. The van der Waals surface area contributed by atoms with Gasteiger partial charge in [0.05, 0.1) is 18.0 Å². The maximum absolute atomic E-state index is 13.0. The molecular formula is C28H34N6O3. The maximum atomic E-state index is 13.0. The number of fused-ring (bicyclic) bond motifs is 1. The van der Waals surface area contributed by atoms with Crippen LogP contribution in [0.3, 0.4) is 0 Å². The van der Waals surface area contributed by atoms with Crippen LogP contribution >= 0.6 is 0 Å². The third-order valence-corrected chi connectivity index (χ3v) is 7.53. The fraction of sp³-hybridized carbons (Fsp3) is 0.429. The van der Waals surface area contributed by atoms with Gasteiger partial charge in [-0.3, -0.25) is 24.4 Å². The smallest absolute Gasteiger partial charge is 0.236 e. The number of anilines is 2. The van der Waals surface area contributed by atoms with Gasteiger partial charge in [0.1, 0.15) is 0 Å². The number of nitrogens with zero attached hydrogens (tertiary/aromatic N) is 4. The monoisotopic (exact) mass is 502 g/mol. The number of hydrogen-bond donors (Lipinski definition) is 2. The molecule has 0 spiro atoms. The second kappa shape index (κ2) is 10.7. The first-order chi connectivity index (χ1) is 17.9. The first kappa shape index (κ1) is 25.0. The van der Waals surface area contributed by atoms with Gasteiger partial charge in [-0.2, -0.15) is 5.10 Å². The van der Waals surface area contributed by atoms with Gasteiger partial charge in [0.25, 0.3) is 0 Å². The molecule has 9 nitrogen and oxygen atoms in total. The van der Waals surface area contributed by atoms with Crippen LogP contribution in [0, 0.1) is 5.92 Å². The second-order valence-corrected chi connectivity index (χ2v) is 9.97. The Bertz CT molecular complexity index is 1290. The summed E-state index contributed by atoms with van der Waals surface area (Å²) in [6, 6.07) is 13.4. The fourth-order valence-electron chi connectivity index (χ4n) is 5.26. The van der Waals surface area contributed by atoms with Gasteiger partial charge in [0, 0.05) is 60.7 Å². The summed E-state index contributed by atoms with van der Waals surface area (Å²) < 4.78 is 0. The molecule has 2 fully saturated rings. The molecule has 1 atom stereocenters. The van der Waals surface area contributed by atoms with Crippen LogP contribution in [0.4, 0.5) is 11.4 Å². The normalized spacial score (nSPS) is 18.4. The van der Waals surface area contributed by atoms with Crippen LogP contribution in [-0.2, 0) is 16.0 Å². The van der Waals surface area contributed by atoms with Crippen molar-refractivity contribution in [2.45, 2.75) is 26.7 Å². The van der Waals surface area contributed by atoms with Crippen molar-refractivity contribution in [1.82, 2.24) is 20.0 Å². The zero-order valence-electron chi connectivity index (χ0n) is 21.5. The summed E-state index contributed by atoms with van der Waals surface area (Å²) in [6.45, 7) is 8.18. The lowest BCUT2D eigenvalue weighted by molar-refractivity contribution is -0.132. The molecule has 194 valence electrons. The maximum Gasteiger partial charge on any atom is 0.236 e. The lowest BCUT2D eigenvalue weighted by Crippen LogP contribution is -2.51. The molecule has 0 aliphatic carbocycles. The molecule has 0 unspecified atom stereocenters. The molecule has 1 aromatic heterocycles. The largest absolute Gasteiger partial charge is 0.368 e. The highest BCUT2D eigenvalue weighted by atomic mass is 16.2. The van der Waals surface area contributed by atoms with Crippen LogP contribution in [0.15, 0.2) is 42.5 Å². The van der Waals surface area contributed by atoms with E-state index >= 15 is 0 Å². The number of aryl methyl sites for hydroxylation is 1. The first-order valence-electron chi connectivity index (χ1n) is 13.0. The molecule has 37 heavy (non-hydrogen) atoms. The van der Waals surface area contributed by atoms with Crippen molar-refractivity contribution in [1.29, 1.82) is 0 Å². The summed E-state index contributed by atoms with van der Waals surface area (Å²) in [4.78, 5) is 43.6. The van der Waals surface area contributed by atoms with E-state index in [1.807, 2.05) is 47.4 Å². The number of nitrogens with one attached hydrogen (secondary N) is 2. The highest BCUT2D eigenvalue weighted by molar-refractivity contribution is 5.96. The number of aromatic nitrogens is 2. The predicted octanol–water partition coefficient (Wildman–Crippen LogP) is 2.94. The number of aromatic amines is 1. The third kappa shape index (κ3) is 5.51. The molecule has 3 heterocycles. The van der Waals surface area contributed by atoms with E-state index in [0.29, 0.717) is 31.7 Å². The average molecular weight is 503 g/mol. The third-order valence-electron chi connectivity index (χ3n) is 7.53. The SMILES string of the molecule is CCc1[nH]nc2ccc(NC(=O)[C@@H]3CCN(CC(=O)N4CCN(c5ccc(C(C)=O)cc5)CC4)C3)cc12. The molecule has 2 aromatic carbocycles. The molecule has 2 N–H and O–H groups in total. The first-order valence-corrected chi connectivity index (χ1v) is 13.0. The van der Waals surface area contributed by atoms with E-state index in [9.17, 15) is 14.4 Å². The molecule has 3 aromatic rings. The van der Waals surface area contributed by atoms with Crippen molar-refractivity contribution in [2.75, 3.05) is 56.0 Å². The van der Waals surface area contributed by atoms with Crippen molar-refractivity contribution in [3.63, 3.8) is 0 Å². The summed E-state index contributed by atoms with van der Waals surface area (Å²) in [7, 11) is 0.